The van der Waals surface area contributed by atoms with Gasteiger partial charge in [0.2, 0.25) is 0 Å². The van der Waals surface area contributed by atoms with E-state index in [1.807, 2.05) is 6.07 Å². The molecular formula is C17H17Cl2NO2. The van der Waals surface area contributed by atoms with E-state index in [2.05, 4.69) is 19.2 Å². The lowest BCUT2D eigenvalue weighted by molar-refractivity contribution is 0.102. The molecule has 116 valence electrons. The molecule has 0 aliphatic carbocycles. The smallest absolute Gasteiger partial charge is 0.259 e. The van der Waals surface area contributed by atoms with Gasteiger partial charge in [-0.05, 0) is 30.2 Å². The first-order valence-electron chi connectivity index (χ1n) is 6.96. The number of carbonyl (C=O) groups excluding carboxylic acids is 1. The van der Waals surface area contributed by atoms with E-state index in [1.54, 1.807) is 36.4 Å². The standard InChI is InChI=1S/C17H17Cl2NO2/c1-11(2)10-22-15-9-4-3-6-12(15)17(21)20-14-8-5-7-13(18)16(14)19/h3-9,11H,10H2,1-2H3,(H,20,21). The second kappa shape index (κ2) is 7.52. The molecule has 0 fully saturated rings. The summed E-state index contributed by atoms with van der Waals surface area (Å²) < 4.78 is 5.69. The fourth-order valence-electron chi connectivity index (χ4n) is 1.83. The van der Waals surface area contributed by atoms with Gasteiger partial charge in [-0.15, -0.1) is 0 Å². The quantitative estimate of drug-likeness (QED) is 0.805. The van der Waals surface area contributed by atoms with Crippen LogP contribution < -0.4 is 10.1 Å². The van der Waals surface area contributed by atoms with Crippen molar-refractivity contribution >= 4 is 34.8 Å². The summed E-state index contributed by atoms with van der Waals surface area (Å²) >= 11 is 12.0. The van der Waals surface area contributed by atoms with E-state index in [-0.39, 0.29) is 5.91 Å². The number of hydrogen-bond donors (Lipinski definition) is 1. The van der Waals surface area contributed by atoms with Gasteiger partial charge in [-0.25, -0.2) is 0 Å². The second-order valence-electron chi connectivity index (χ2n) is 5.26. The maximum atomic E-state index is 12.5. The molecular weight excluding hydrogens is 321 g/mol. The Kier molecular flexibility index (Phi) is 5.69. The Hall–Kier alpha value is -1.71. The highest BCUT2D eigenvalue weighted by molar-refractivity contribution is 6.44. The molecule has 1 amide bonds. The fraction of sp³-hybridized carbons (Fsp3) is 0.235. The van der Waals surface area contributed by atoms with Gasteiger partial charge in [0.05, 0.1) is 27.9 Å². The van der Waals surface area contributed by atoms with Gasteiger partial charge in [0.25, 0.3) is 5.91 Å². The lowest BCUT2D eigenvalue weighted by Gasteiger charge is -2.13. The third-order valence-corrected chi connectivity index (χ3v) is 3.72. The number of hydrogen-bond acceptors (Lipinski definition) is 2. The summed E-state index contributed by atoms with van der Waals surface area (Å²) in [6.45, 7) is 4.64. The van der Waals surface area contributed by atoms with Crippen LogP contribution in [-0.2, 0) is 0 Å². The topological polar surface area (TPSA) is 38.3 Å². The summed E-state index contributed by atoms with van der Waals surface area (Å²) in [4.78, 5) is 12.5. The van der Waals surface area contributed by atoms with Crippen LogP contribution >= 0.6 is 23.2 Å². The largest absolute Gasteiger partial charge is 0.492 e. The Bertz CT molecular complexity index is 671. The zero-order valence-electron chi connectivity index (χ0n) is 12.4. The highest BCUT2D eigenvalue weighted by Crippen LogP contribution is 2.30. The van der Waals surface area contributed by atoms with Crippen molar-refractivity contribution in [3.8, 4) is 5.75 Å². The third kappa shape index (κ3) is 4.15. The predicted octanol–water partition coefficient (Wildman–Crippen LogP) is 5.28. The first-order valence-corrected chi connectivity index (χ1v) is 7.72. The number of nitrogens with one attached hydrogen (secondary N) is 1. The van der Waals surface area contributed by atoms with Crippen LogP contribution in [0.25, 0.3) is 0 Å². The second-order valence-corrected chi connectivity index (χ2v) is 6.04. The molecule has 0 aliphatic rings. The number of halogens is 2. The molecule has 5 heteroatoms. The van der Waals surface area contributed by atoms with Crippen LogP contribution in [0.1, 0.15) is 24.2 Å². The van der Waals surface area contributed by atoms with Crippen LogP contribution in [0.3, 0.4) is 0 Å². The minimum absolute atomic E-state index is 0.288. The van der Waals surface area contributed by atoms with Crippen molar-refractivity contribution in [2.45, 2.75) is 13.8 Å². The highest BCUT2D eigenvalue weighted by atomic mass is 35.5. The number of carbonyl (C=O) groups is 1. The Balaban J connectivity index is 2.21. The normalized spacial score (nSPS) is 10.6. The van der Waals surface area contributed by atoms with Crippen LogP contribution in [0.4, 0.5) is 5.69 Å². The van der Waals surface area contributed by atoms with Crippen LogP contribution in [-0.4, -0.2) is 12.5 Å². The Labute approximate surface area is 140 Å². The van der Waals surface area contributed by atoms with E-state index >= 15 is 0 Å². The number of para-hydroxylation sites is 1. The predicted molar refractivity (Wildman–Crippen MR) is 91.2 cm³/mol. The highest BCUT2D eigenvalue weighted by Gasteiger charge is 2.14. The van der Waals surface area contributed by atoms with Crippen molar-refractivity contribution < 1.29 is 9.53 Å². The van der Waals surface area contributed by atoms with Crippen LogP contribution in [0.5, 0.6) is 5.75 Å². The molecule has 0 saturated carbocycles. The Morgan fingerprint density at radius 2 is 1.86 bits per heavy atom. The molecule has 0 heterocycles. The van der Waals surface area contributed by atoms with Gasteiger partial charge in [-0.3, -0.25) is 4.79 Å². The van der Waals surface area contributed by atoms with Gasteiger partial charge in [0.1, 0.15) is 5.75 Å². The summed E-state index contributed by atoms with van der Waals surface area (Å²) in [5.74, 6) is 0.633. The van der Waals surface area contributed by atoms with Crippen LogP contribution in [0, 0.1) is 5.92 Å². The van der Waals surface area contributed by atoms with Crippen molar-refractivity contribution in [2.75, 3.05) is 11.9 Å². The first-order chi connectivity index (χ1) is 10.5. The van der Waals surface area contributed by atoms with E-state index in [1.165, 1.54) is 0 Å². The summed E-state index contributed by atoms with van der Waals surface area (Å²) in [6.07, 6.45) is 0. The summed E-state index contributed by atoms with van der Waals surface area (Å²) in [5.41, 5.74) is 0.928. The molecule has 0 aliphatic heterocycles. The number of ether oxygens (including phenoxy) is 1. The molecule has 2 rings (SSSR count). The van der Waals surface area contributed by atoms with Crippen molar-refractivity contribution in [3.63, 3.8) is 0 Å². The van der Waals surface area contributed by atoms with Gasteiger partial charge in [-0.2, -0.15) is 0 Å². The zero-order chi connectivity index (χ0) is 16.1. The number of amides is 1. The average molecular weight is 338 g/mol. The summed E-state index contributed by atoms with van der Waals surface area (Å²) in [7, 11) is 0. The minimum Gasteiger partial charge on any atom is -0.492 e. The molecule has 0 spiro atoms. The maximum Gasteiger partial charge on any atom is 0.259 e. The van der Waals surface area contributed by atoms with E-state index in [4.69, 9.17) is 27.9 Å². The van der Waals surface area contributed by atoms with Crippen molar-refractivity contribution in [2.24, 2.45) is 5.92 Å². The van der Waals surface area contributed by atoms with E-state index < -0.39 is 0 Å². The van der Waals surface area contributed by atoms with Crippen molar-refractivity contribution in [3.05, 3.63) is 58.1 Å². The van der Waals surface area contributed by atoms with E-state index in [9.17, 15) is 4.79 Å². The molecule has 0 atom stereocenters. The molecule has 0 radical (unpaired) electrons. The van der Waals surface area contributed by atoms with E-state index in [0.29, 0.717) is 39.6 Å². The molecule has 1 N–H and O–H groups in total. The molecule has 2 aromatic carbocycles. The van der Waals surface area contributed by atoms with Gasteiger partial charge >= 0.3 is 0 Å². The number of rotatable bonds is 5. The van der Waals surface area contributed by atoms with Gasteiger partial charge in [-0.1, -0.05) is 55.2 Å². The van der Waals surface area contributed by atoms with Crippen LogP contribution in [0.15, 0.2) is 42.5 Å². The minimum atomic E-state index is -0.288. The maximum absolute atomic E-state index is 12.5. The van der Waals surface area contributed by atoms with Gasteiger partial charge < -0.3 is 10.1 Å². The lowest BCUT2D eigenvalue weighted by Crippen LogP contribution is -2.15. The summed E-state index contributed by atoms with van der Waals surface area (Å²) in [6, 6.07) is 12.2. The lowest BCUT2D eigenvalue weighted by atomic mass is 10.1. The van der Waals surface area contributed by atoms with Crippen LogP contribution in [0.2, 0.25) is 10.0 Å². The van der Waals surface area contributed by atoms with Gasteiger partial charge in [0, 0.05) is 0 Å². The monoisotopic (exact) mass is 337 g/mol. The molecule has 0 unspecified atom stereocenters. The zero-order valence-corrected chi connectivity index (χ0v) is 13.9. The Morgan fingerprint density at radius 1 is 1.14 bits per heavy atom. The molecule has 2 aromatic rings. The number of benzene rings is 2. The van der Waals surface area contributed by atoms with Gasteiger partial charge in [0.15, 0.2) is 0 Å². The Morgan fingerprint density at radius 3 is 2.59 bits per heavy atom. The molecule has 0 aromatic heterocycles. The molecule has 3 nitrogen and oxygen atoms in total. The first kappa shape index (κ1) is 16.7. The molecule has 22 heavy (non-hydrogen) atoms. The molecule has 0 saturated heterocycles. The van der Waals surface area contributed by atoms with Crippen molar-refractivity contribution in [1.29, 1.82) is 0 Å². The molecule has 0 bridgehead atoms. The fourth-order valence-corrected chi connectivity index (χ4v) is 2.17. The average Bonchev–Trinajstić information content (AvgIpc) is 2.50. The van der Waals surface area contributed by atoms with Crippen molar-refractivity contribution in [1.82, 2.24) is 0 Å². The number of anilines is 1. The third-order valence-electron chi connectivity index (χ3n) is 2.90. The summed E-state index contributed by atoms with van der Waals surface area (Å²) in [5, 5.41) is 3.47. The van der Waals surface area contributed by atoms with E-state index in [0.717, 1.165) is 0 Å². The SMILES string of the molecule is CC(C)COc1ccccc1C(=O)Nc1cccc(Cl)c1Cl.